The number of unbranched alkanes of at least 4 members (excludes halogenated alkanes) is 19. The van der Waals surface area contributed by atoms with Crippen molar-refractivity contribution in [3.63, 3.8) is 0 Å². The van der Waals surface area contributed by atoms with Gasteiger partial charge >= 0.3 is 11.9 Å². The third-order valence-corrected chi connectivity index (χ3v) is 11.2. The van der Waals surface area contributed by atoms with Crippen molar-refractivity contribution in [3.8, 4) is 0 Å². The van der Waals surface area contributed by atoms with Crippen LogP contribution in [0.1, 0.15) is 168 Å². The van der Waals surface area contributed by atoms with E-state index >= 15 is 0 Å². The topological polar surface area (TPSA) is 231 Å². The van der Waals surface area contributed by atoms with Gasteiger partial charge in [0.1, 0.15) is 55.4 Å². The first-order valence-electron chi connectivity index (χ1n) is 23.3. The summed E-state index contributed by atoms with van der Waals surface area (Å²) in [6.45, 7) is 2.54. The lowest BCUT2D eigenvalue weighted by Crippen LogP contribution is -2.61. The molecule has 352 valence electrons. The number of carbonyl (C=O) groups is 2. The lowest BCUT2D eigenvalue weighted by atomic mass is 9.98. The van der Waals surface area contributed by atoms with E-state index in [0.717, 1.165) is 44.9 Å². The van der Waals surface area contributed by atoms with Crippen LogP contribution in [0.25, 0.3) is 0 Å². The number of aliphatic hydroxyl groups excluding tert-OH is 7. The molecule has 2 aliphatic rings. The fourth-order valence-corrected chi connectivity index (χ4v) is 7.33. The van der Waals surface area contributed by atoms with E-state index in [0.29, 0.717) is 12.8 Å². The highest BCUT2D eigenvalue weighted by atomic mass is 16.7. The number of allylic oxidation sites excluding steroid dienone is 2. The second-order valence-electron chi connectivity index (χ2n) is 16.6. The number of carbonyl (C=O) groups excluding carboxylic acids is 2. The summed E-state index contributed by atoms with van der Waals surface area (Å²) < 4.78 is 33.4. The summed E-state index contributed by atoms with van der Waals surface area (Å²) in [6.07, 6.45) is 12.6. The minimum absolute atomic E-state index is 0.166. The van der Waals surface area contributed by atoms with E-state index in [4.69, 9.17) is 28.4 Å². The Bertz CT molecular complexity index is 1110. The van der Waals surface area contributed by atoms with Crippen LogP contribution in [0.15, 0.2) is 12.2 Å². The number of esters is 2. The average Bonchev–Trinajstić information content (AvgIpc) is 3.24. The molecule has 2 rings (SSSR count). The van der Waals surface area contributed by atoms with Gasteiger partial charge in [-0.2, -0.15) is 0 Å². The molecular weight excluding hydrogens is 780 g/mol. The van der Waals surface area contributed by atoms with Crippen LogP contribution in [0.2, 0.25) is 0 Å². The molecular formula is C45H82O15. The highest BCUT2D eigenvalue weighted by Gasteiger charge is 2.47. The SMILES string of the molecule is CCCCCCCC/C=C/CCCCCC(=O)OC[C@H](CO[C@@H]1O[C@H](CO[C@@H]2O[C@H](CO)[C@H](O)C(O)C2O)[C@H](O)C(O)C1O)OC(=O)CCCCCCCCCCCCC. The number of ether oxygens (including phenoxy) is 6. The highest BCUT2D eigenvalue weighted by molar-refractivity contribution is 5.70. The molecule has 7 N–H and O–H groups in total. The van der Waals surface area contributed by atoms with Crippen LogP contribution in [-0.2, 0) is 38.0 Å². The monoisotopic (exact) mass is 863 g/mol. The molecule has 0 aliphatic carbocycles. The molecule has 0 amide bonds. The van der Waals surface area contributed by atoms with Gasteiger partial charge in [-0.3, -0.25) is 9.59 Å². The van der Waals surface area contributed by atoms with Crippen LogP contribution in [0.4, 0.5) is 0 Å². The summed E-state index contributed by atoms with van der Waals surface area (Å²) in [7, 11) is 0. The molecule has 0 bridgehead atoms. The van der Waals surface area contributed by atoms with Gasteiger partial charge in [-0.15, -0.1) is 0 Å². The van der Waals surface area contributed by atoms with Crippen molar-refractivity contribution >= 4 is 11.9 Å². The van der Waals surface area contributed by atoms with Crippen molar-refractivity contribution in [2.45, 2.75) is 235 Å². The van der Waals surface area contributed by atoms with Gasteiger partial charge in [0.05, 0.1) is 19.8 Å². The predicted octanol–water partition coefficient (Wildman–Crippen LogP) is 5.04. The molecule has 15 heteroatoms. The van der Waals surface area contributed by atoms with E-state index in [9.17, 15) is 45.3 Å². The Morgan fingerprint density at radius 2 is 0.950 bits per heavy atom. The average molecular weight is 863 g/mol. The third kappa shape index (κ3) is 22.5. The van der Waals surface area contributed by atoms with E-state index < -0.39 is 92.7 Å². The van der Waals surface area contributed by atoms with E-state index in [1.165, 1.54) is 83.5 Å². The number of hydrogen-bond acceptors (Lipinski definition) is 15. The zero-order chi connectivity index (χ0) is 44.0. The summed E-state index contributed by atoms with van der Waals surface area (Å²) in [6, 6.07) is 0. The molecule has 0 radical (unpaired) electrons. The van der Waals surface area contributed by atoms with Gasteiger partial charge in [0.2, 0.25) is 0 Å². The maximum Gasteiger partial charge on any atom is 0.306 e. The zero-order valence-electron chi connectivity index (χ0n) is 36.7. The molecule has 4 unspecified atom stereocenters. The minimum Gasteiger partial charge on any atom is -0.462 e. The summed E-state index contributed by atoms with van der Waals surface area (Å²) in [5.41, 5.74) is 0. The van der Waals surface area contributed by atoms with Gasteiger partial charge in [0, 0.05) is 12.8 Å². The second kappa shape index (κ2) is 33.8. The Morgan fingerprint density at radius 3 is 1.48 bits per heavy atom. The molecule has 2 fully saturated rings. The number of aliphatic hydroxyl groups is 7. The lowest BCUT2D eigenvalue weighted by Gasteiger charge is -2.42. The van der Waals surface area contributed by atoms with Crippen LogP contribution in [0.3, 0.4) is 0 Å². The molecule has 60 heavy (non-hydrogen) atoms. The van der Waals surface area contributed by atoms with Gasteiger partial charge < -0.3 is 64.2 Å². The van der Waals surface area contributed by atoms with Crippen LogP contribution >= 0.6 is 0 Å². The van der Waals surface area contributed by atoms with Gasteiger partial charge in [-0.25, -0.2) is 0 Å². The molecule has 15 nitrogen and oxygen atoms in total. The Morgan fingerprint density at radius 1 is 0.517 bits per heavy atom. The molecule has 0 aromatic heterocycles. The Kier molecular flexibility index (Phi) is 30.6. The minimum atomic E-state index is -1.76. The second-order valence-corrected chi connectivity index (χ2v) is 16.6. The Labute approximate surface area is 359 Å². The molecule has 0 aromatic carbocycles. The summed E-state index contributed by atoms with van der Waals surface area (Å²) in [5, 5.41) is 71.8. The summed E-state index contributed by atoms with van der Waals surface area (Å²) in [5.74, 6) is -0.940. The number of hydrogen-bond donors (Lipinski definition) is 7. The van der Waals surface area contributed by atoms with E-state index in [-0.39, 0.29) is 26.1 Å². The fraction of sp³-hybridized carbons (Fsp3) is 0.911. The van der Waals surface area contributed by atoms with Gasteiger partial charge in [0.15, 0.2) is 18.7 Å². The van der Waals surface area contributed by atoms with Crippen LogP contribution in [0, 0.1) is 0 Å². The highest BCUT2D eigenvalue weighted by Crippen LogP contribution is 2.26. The quantitative estimate of drug-likeness (QED) is 0.0252. The molecule has 0 aromatic rings. The molecule has 11 atom stereocenters. The largest absolute Gasteiger partial charge is 0.462 e. The van der Waals surface area contributed by atoms with Crippen LogP contribution in [-0.4, -0.2) is 142 Å². The van der Waals surface area contributed by atoms with Crippen LogP contribution in [0.5, 0.6) is 0 Å². The predicted molar refractivity (Wildman–Crippen MR) is 224 cm³/mol. The third-order valence-electron chi connectivity index (χ3n) is 11.2. The van der Waals surface area contributed by atoms with E-state index in [1.807, 2.05) is 0 Å². The Balaban J connectivity index is 1.86. The molecule has 2 aliphatic heterocycles. The summed E-state index contributed by atoms with van der Waals surface area (Å²) in [4.78, 5) is 25.6. The summed E-state index contributed by atoms with van der Waals surface area (Å²) >= 11 is 0. The maximum absolute atomic E-state index is 12.9. The zero-order valence-corrected chi connectivity index (χ0v) is 36.7. The van der Waals surface area contributed by atoms with Crippen molar-refractivity contribution in [1.29, 1.82) is 0 Å². The molecule has 0 spiro atoms. The standard InChI is InChI=1S/C45H82O15/c1-3-5-7-9-11-13-15-16-18-19-21-23-25-27-36(47)55-30-33(58-37(48)28-26-24-22-20-17-14-12-10-8-6-4-2)31-56-44-43(54)41(52)39(50)35(60-44)32-57-45-42(53)40(51)38(49)34(29-46)59-45/h16,18,33-35,38-46,49-54H,3-15,17,19-32H2,1-2H3/b18-16+/t33-,34-,35-,38+,39+,40?,41?,42?,43?,44-,45-/m1/s1. The lowest BCUT2D eigenvalue weighted by molar-refractivity contribution is -0.332. The van der Waals surface area contributed by atoms with Gasteiger partial charge in [-0.1, -0.05) is 129 Å². The van der Waals surface area contributed by atoms with Crippen molar-refractivity contribution < 1.29 is 73.8 Å². The van der Waals surface area contributed by atoms with Crippen molar-refractivity contribution in [3.05, 3.63) is 12.2 Å². The number of rotatable bonds is 35. The first-order chi connectivity index (χ1) is 29.0. The molecule has 2 saturated heterocycles. The van der Waals surface area contributed by atoms with Gasteiger partial charge in [-0.05, 0) is 38.5 Å². The van der Waals surface area contributed by atoms with Crippen molar-refractivity contribution in [2.24, 2.45) is 0 Å². The Hall–Kier alpha value is -1.76. The van der Waals surface area contributed by atoms with Crippen LogP contribution < -0.4 is 0 Å². The maximum atomic E-state index is 12.9. The first kappa shape index (κ1) is 54.4. The van der Waals surface area contributed by atoms with E-state index in [2.05, 4.69) is 26.0 Å². The smallest absolute Gasteiger partial charge is 0.306 e. The fourth-order valence-electron chi connectivity index (χ4n) is 7.33. The van der Waals surface area contributed by atoms with E-state index in [1.54, 1.807) is 0 Å². The van der Waals surface area contributed by atoms with Crippen molar-refractivity contribution in [2.75, 3.05) is 26.4 Å². The molecule has 2 heterocycles. The normalized spacial score (nSPS) is 27.6. The van der Waals surface area contributed by atoms with Crippen molar-refractivity contribution in [1.82, 2.24) is 0 Å². The molecule has 0 saturated carbocycles. The first-order valence-corrected chi connectivity index (χ1v) is 23.3. The van der Waals surface area contributed by atoms with Gasteiger partial charge in [0.25, 0.3) is 0 Å².